The van der Waals surface area contributed by atoms with Gasteiger partial charge in [0.25, 0.3) is 15.5 Å². The number of halogens is 3. The number of hydrogen-bond acceptors (Lipinski definition) is 4. The first kappa shape index (κ1) is 12.3. The third-order valence-corrected chi connectivity index (χ3v) is 3.01. The molecule has 1 rings (SSSR count). The molecule has 1 heterocycles. The summed E-state index contributed by atoms with van der Waals surface area (Å²) in [6.07, 6.45) is -2.01. The number of alkyl halides is 2. The first-order valence-electron chi connectivity index (χ1n) is 3.78. The quantitative estimate of drug-likeness (QED) is 0.830. The van der Waals surface area contributed by atoms with Crippen LogP contribution in [0.25, 0.3) is 0 Å². The van der Waals surface area contributed by atoms with Crippen molar-refractivity contribution >= 4 is 19.7 Å². The van der Waals surface area contributed by atoms with Gasteiger partial charge in [0.1, 0.15) is 10.6 Å². The van der Waals surface area contributed by atoms with Crippen LogP contribution in [-0.4, -0.2) is 13.4 Å². The van der Waals surface area contributed by atoms with Crippen molar-refractivity contribution < 1.29 is 17.2 Å². The Bertz CT molecular complexity index is 464. The Morgan fingerprint density at radius 3 is 2.53 bits per heavy atom. The maximum atomic E-state index is 12.3. The summed E-state index contributed by atoms with van der Waals surface area (Å²) in [7, 11) is 1.05. The Balaban J connectivity index is 3.32. The fourth-order valence-electron chi connectivity index (χ4n) is 0.992. The van der Waals surface area contributed by atoms with E-state index in [1.54, 1.807) is 0 Å². The summed E-state index contributed by atoms with van der Waals surface area (Å²) in [5.74, 6) is 0. The molecule has 0 fully saturated rings. The maximum absolute atomic E-state index is 12.3. The standard InChI is InChI=1S/C7H7ClF2N2O2S/c8-15(13,14)5-1-4(2-11)6(7(9)10)12-3-5/h1,3,7H,2,11H2. The molecule has 84 valence electrons. The lowest BCUT2D eigenvalue weighted by Gasteiger charge is -2.06. The summed E-state index contributed by atoms with van der Waals surface area (Å²) < 4.78 is 46.4. The van der Waals surface area contributed by atoms with Crippen LogP contribution in [0, 0.1) is 0 Å². The molecule has 0 bridgehead atoms. The second-order valence-electron chi connectivity index (χ2n) is 2.66. The Labute approximate surface area is 89.5 Å². The Hall–Kier alpha value is -0.790. The first-order chi connectivity index (χ1) is 6.86. The minimum Gasteiger partial charge on any atom is -0.326 e. The predicted molar refractivity (Wildman–Crippen MR) is 50.1 cm³/mol. The van der Waals surface area contributed by atoms with E-state index in [1.807, 2.05) is 0 Å². The van der Waals surface area contributed by atoms with Gasteiger partial charge in [-0.2, -0.15) is 0 Å². The molecule has 1 aromatic heterocycles. The molecule has 15 heavy (non-hydrogen) atoms. The molecule has 0 amide bonds. The summed E-state index contributed by atoms with van der Waals surface area (Å²) in [5, 5.41) is 0. The van der Waals surface area contributed by atoms with Gasteiger partial charge in [0.2, 0.25) is 0 Å². The highest BCUT2D eigenvalue weighted by molar-refractivity contribution is 8.13. The molecule has 0 radical (unpaired) electrons. The van der Waals surface area contributed by atoms with E-state index in [0.29, 0.717) is 0 Å². The van der Waals surface area contributed by atoms with Crippen LogP contribution in [0.1, 0.15) is 17.7 Å². The third kappa shape index (κ3) is 2.83. The number of rotatable bonds is 3. The first-order valence-corrected chi connectivity index (χ1v) is 6.09. The molecule has 0 aliphatic heterocycles. The molecule has 0 spiro atoms. The molecule has 0 saturated carbocycles. The minimum absolute atomic E-state index is 0.0354. The molecule has 0 aromatic carbocycles. The highest BCUT2D eigenvalue weighted by atomic mass is 35.7. The number of hydrogen-bond donors (Lipinski definition) is 1. The van der Waals surface area contributed by atoms with Gasteiger partial charge in [-0.05, 0) is 11.6 Å². The molecule has 8 heteroatoms. The predicted octanol–water partition coefficient (Wildman–Crippen LogP) is 1.41. The van der Waals surface area contributed by atoms with Crippen LogP contribution in [0.4, 0.5) is 8.78 Å². The highest BCUT2D eigenvalue weighted by Gasteiger charge is 2.18. The van der Waals surface area contributed by atoms with E-state index >= 15 is 0 Å². The van der Waals surface area contributed by atoms with Crippen LogP contribution < -0.4 is 5.73 Å². The van der Waals surface area contributed by atoms with E-state index in [2.05, 4.69) is 4.98 Å². The van der Waals surface area contributed by atoms with Gasteiger partial charge in [-0.3, -0.25) is 4.98 Å². The minimum atomic E-state index is -3.97. The van der Waals surface area contributed by atoms with Crippen LogP contribution >= 0.6 is 10.7 Å². The lowest BCUT2D eigenvalue weighted by Crippen LogP contribution is -2.06. The number of pyridine rings is 1. The number of nitrogens with two attached hydrogens (primary N) is 1. The molecule has 0 aliphatic rings. The fourth-order valence-corrected chi connectivity index (χ4v) is 1.71. The van der Waals surface area contributed by atoms with Crippen molar-refractivity contribution in [3.63, 3.8) is 0 Å². The summed E-state index contributed by atoms with van der Waals surface area (Å²) in [6.45, 7) is -0.229. The average Bonchev–Trinajstić information content (AvgIpc) is 2.15. The zero-order valence-corrected chi connectivity index (χ0v) is 8.89. The van der Waals surface area contributed by atoms with E-state index in [0.717, 1.165) is 12.3 Å². The molecule has 4 nitrogen and oxygen atoms in total. The van der Waals surface area contributed by atoms with E-state index in [9.17, 15) is 17.2 Å². The van der Waals surface area contributed by atoms with Crippen molar-refractivity contribution in [2.45, 2.75) is 17.9 Å². The molecule has 2 N–H and O–H groups in total. The zero-order chi connectivity index (χ0) is 11.6. The Morgan fingerprint density at radius 1 is 1.53 bits per heavy atom. The summed E-state index contributed by atoms with van der Waals surface area (Å²) in [6, 6.07) is 0.997. The van der Waals surface area contributed by atoms with Gasteiger partial charge in [0.05, 0.1) is 0 Å². The second kappa shape index (κ2) is 4.38. The summed E-state index contributed by atoms with van der Waals surface area (Å²) >= 11 is 0. The largest absolute Gasteiger partial charge is 0.326 e. The molecule has 0 unspecified atom stereocenters. The topological polar surface area (TPSA) is 73.1 Å². The second-order valence-corrected chi connectivity index (χ2v) is 5.22. The van der Waals surface area contributed by atoms with Crippen LogP contribution in [-0.2, 0) is 15.6 Å². The number of aromatic nitrogens is 1. The van der Waals surface area contributed by atoms with Gasteiger partial charge in [0.15, 0.2) is 0 Å². The van der Waals surface area contributed by atoms with Crippen molar-refractivity contribution in [3.8, 4) is 0 Å². The molecule has 1 aromatic rings. The van der Waals surface area contributed by atoms with Gasteiger partial charge >= 0.3 is 0 Å². The Morgan fingerprint density at radius 2 is 2.13 bits per heavy atom. The average molecular weight is 257 g/mol. The fraction of sp³-hybridized carbons (Fsp3) is 0.286. The van der Waals surface area contributed by atoms with Crippen LogP contribution in [0.2, 0.25) is 0 Å². The molecule has 0 saturated heterocycles. The lowest BCUT2D eigenvalue weighted by molar-refractivity contribution is 0.144. The van der Waals surface area contributed by atoms with Crippen molar-refractivity contribution in [3.05, 3.63) is 23.5 Å². The summed E-state index contributed by atoms with van der Waals surface area (Å²) in [4.78, 5) is 2.98. The molecule has 0 aliphatic carbocycles. The van der Waals surface area contributed by atoms with Crippen molar-refractivity contribution in [1.82, 2.24) is 4.98 Å². The number of nitrogens with zero attached hydrogens (tertiary/aromatic N) is 1. The van der Waals surface area contributed by atoms with E-state index in [4.69, 9.17) is 16.4 Å². The van der Waals surface area contributed by atoms with Crippen LogP contribution in [0.15, 0.2) is 17.2 Å². The van der Waals surface area contributed by atoms with Crippen molar-refractivity contribution in [1.29, 1.82) is 0 Å². The monoisotopic (exact) mass is 256 g/mol. The van der Waals surface area contributed by atoms with Gasteiger partial charge in [-0.1, -0.05) is 0 Å². The molecular weight excluding hydrogens is 250 g/mol. The van der Waals surface area contributed by atoms with Gasteiger partial charge in [-0.15, -0.1) is 0 Å². The van der Waals surface area contributed by atoms with Gasteiger partial charge in [0, 0.05) is 23.4 Å². The molecular formula is C7H7ClF2N2O2S. The third-order valence-electron chi connectivity index (χ3n) is 1.68. The van der Waals surface area contributed by atoms with E-state index < -0.39 is 21.2 Å². The normalized spacial score (nSPS) is 12.1. The van der Waals surface area contributed by atoms with Crippen molar-refractivity contribution in [2.75, 3.05) is 0 Å². The summed E-state index contributed by atoms with van der Waals surface area (Å²) in [5.41, 5.74) is 4.63. The van der Waals surface area contributed by atoms with Gasteiger partial charge < -0.3 is 5.73 Å². The molecule has 0 atom stereocenters. The maximum Gasteiger partial charge on any atom is 0.280 e. The lowest BCUT2D eigenvalue weighted by atomic mass is 10.2. The van der Waals surface area contributed by atoms with Crippen molar-refractivity contribution in [2.24, 2.45) is 5.73 Å². The van der Waals surface area contributed by atoms with E-state index in [1.165, 1.54) is 0 Å². The Kier molecular flexibility index (Phi) is 3.58. The van der Waals surface area contributed by atoms with Gasteiger partial charge in [-0.25, -0.2) is 17.2 Å². The highest BCUT2D eigenvalue weighted by Crippen LogP contribution is 2.23. The van der Waals surface area contributed by atoms with Crippen LogP contribution in [0.5, 0.6) is 0 Å². The smallest absolute Gasteiger partial charge is 0.280 e. The van der Waals surface area contributed by atoms with E-state index in [-0.39, 0.29) is 17.0 Å². The van der Waals surface area contributed by atoms with Crippen LogP contribution in [0.3, 0.4) is 0 Å². The SMILES string of the molecule is NCc1cc(S(=O)(=O)Cl)cnc1C(F)F. The zero-order valence-electron chi connectivity index (χ0n) is 7.32.